The fourth-order valence-electron chi connectivity index (χ4n) is 1.17. The molecular weight excluding hydrogens is 286 g/mol. The van der Waals surface area contributed by atoms with Crippen LogP contribution in [0.3, 0.4) is 0 Å². The van der Waals surface area contributed by atoms with Crippen LogP contribution in [0.15, 0.2) is 32.7 Å². The number of nitrogens with two attached hydrogens (primary N) is 1. The highest BCUT2D eigenvalue weighted by Gasteiger charge is 2.16. The number of rotatable bonds is 2. The predicted molar refractivity (Wildman–Crippen MR) is 61.8 cm³/mol. The van der Waals surface area contributed by atoms with Crippen molar-refractivity contribution >= 4 is 38.9 Å². The van der Waals surface area contributed by atoms with Gasteiger partial charge in [0.15, 0.2) is 0 Å². The van der Waals surface area contributed by atoms with Crippen LogP contribution in [0.5, 0.6) is 0 Å². The molecule has 0 saturated heterocycles. The van der Waals surface area contributed by atoms with E-state index in [2.05, 4.69) is 15.9 Å². The van der Waals surface area contributed by atoms with Crippen LogP contribution in [-0.4, -0.2) is 0 Å². The van der Waals surface area contributed by atoms with Gasteiger partial charge in [0.05, 0.1) is 21.1 Å². The van der Waals surface area contributed by atoms with Crippen molar-refractivity contribution < 1.29 is 4.42 Å². The van der Waals surface area contributed by atoms with Crippen molar-refractivity contribution in [3.8, 4) is 0 Å². The molecule has 14 heavy (non-hydrogen) atoms. The van der Waals surface area contributed by atoms with E-state index in [0.29, 0.717) is 0 Å². The van der Waals surface area contributed by atoms with E-state index in [1.807, 2.05) is 17.5 Å². The second kappa shape index (κ2) is 4.06. The first-order valence-corrected chi connectivity index (χ1v) is 5.96. The van der Waals surface area contributed by atoms with Crippen LogP contribution in [0, 0.1) is 0 Å². The lowest BCUT2D eigenvalue weighted by Gasteiger charge is -2.06. The van der Waals surface area contributed by atoms with E-state index in [-0.39, 0.29) is 6.04 Å². The highest BCUT2D eigenvalue weighted by Crippen LogP contribution is 2.31. The molecule has 0 aliphatic carbocycles. The number of hydrogen-bond donors (Lipinski definition) is 1. The molecule has 0 spiro atoms. The Balaban J connectivity index is 2.33. The summed E-state index contributed by atoms with van der Waals surface area (Å²) >= 11 is 10.7. The zero-order valence-corrected chi connectivity index (χ0v) is 10.2. The quantitative estimate of drug-likeness (QED) is 0.914. The summed E-state index contributed by atoms with van der Waals surface area (Å²) in [7, 11) is 0. The van der Waals surface area contributed by atoms with E-state index in [9.17, 15) is 0 Å². The average molecular weight is 293 g/mol. The molecule has 0 aliphatic heterocycles. The van der Waals surface area contributed by atoms with Crippen molar-refractivity contribution in [1.29, 1.82) is 0 Å². The van der Waals surface area contributed by atoms with Crippen LogP contribution >= 0.6 is 38.9 Å². The van der Waals surface area contributed by atoms with Crippen molar-refractivity contribution in [2.45, 2.75) is 6.04 Å². The Hall–Kier alpha value is -0.290. The van der Waals surface area contributed by atoms with Crippen molar-refractivity contribution in [1.82, 2.24) is 0 Å². The maximum Gasteiger partial charge on any atom is 0.139 e. The van der Waals surface area contributed by atoms with Crippen LogP contribution in [0.2, 0.25) is 4.34 Å². The van der Waals surface area contributed by atoms with E-state index < -0.39 is 0 Å². The van der Waals surface area contributed by atoms with E-state index >= 15 is 0 Å². The van der Waals surface area contributed by atoms with Gasteiger partial charge >= 0.3 is 0 Å². The molecule has 2 heterocycles. The fourth-order valence-corrected chi connectivity index (χ4v) is 2.54. The van der Waals surface area contributed by atoms with Gasteiger partial charge in [-0.3, -0.25) is 0 Å². The van der Waals surface area contributed by atoms with Crippen LogP contribution in [0.25, 0.3) is 0 Å². The minimum atomic E-state index is -0.261. The maximum atomic E-state index is 6.00. The highest BCUT2D eigenvalue weighted by atomic mass is 79.9. The van der Waals surface area contributed by atoms with E-state index in [4.69, 9.17) is 21.8 Å². The summed E-state index contributed by atoms with van der Waals surface area (Å²) in [5.41, 5.74) is 6.97. The summed E-state index contributed by atoms with van der Waals surface area (Å²) in [6.07, 6.45) is 1.60. The normalized spacial score (nSPS) is 13.1. The maximum absolute atomic E-state index is 6.00. The summed E-state index contributed by atoms with van der Waals surface area (Å²) < 4.78 is 6.90. The number of thiophene rings is 1. The van der Waals surface area contributed by atoms with Gasteiger partial charge in [-0.1, -0.05) is 11.6 Å². The first kappa shape index (κ1) is 10.2. The third-order valence-electron chi connectivity index (χ3n) is 1.87. The first-order valence-electron chi connectivity index (χ1n) is 3.91. The van der Waals surface area contributed by atoms with Crippen LogP contribution in [-0.2, 0) is 0 Å². The van der Waals surface area contributed by atoms with Gasteiger partial charge in [0, 0.05) is 0 Å². The Labute approximate surface area is 98.8 Å². The van der Waals surface area contributed by atoms with Gasteiger partial charge in [0.1, 0.15) is 5.76 Å². The van der Waals surface area contributed by atoms with E-state index in [1.54, 1.807) is 6.26 Å². The van der Waals surface area contributed by atoms with Gasteiger partial charge in [-0.05, 0) is 39.0 Å². The molecule has 2 aromatic heterocycles. The van der Waals surface area contributed by atoms with Gasteiger partial charge < -0.3 is 10.2 Å². The Morgan fingerprint density at radius 3 is 2.86 bits per heavy atom. The predicted octanol–water partition coefficient (Wildman–Crippen LogP) is 3.81. The highest BCUT2D eigenvalue weighted by molar-refractivity contribution is 9.10. The SMILES string of the molecule is NC(c1csc(Cl)c1)c1occc1Br. The zero-order valence-electron chi connectivity index (χ0n) is 7.04. The van der Waals surface area contributed by atoms with Crippen molar-refractivity contribution in [2.75, 3.05) is 0 Å². The standard InChI is InChI=1S/C9H7BrClNOS/c10-6-1-2-13-9(6)8(12)5-3-7(11)14-4-5/h1-4,8H,12H2. The largest absolute Gasteiger partial charge is 0.466 e. The van der Waals surface area contributed by atoms with Gasteiger partial charge in [-0.15, -0.1) is 11.3 Å². The lowest BCUT2D eigenvalue weighted by Crippen LogP contribution is -2.10. The van der Waals surface area contributed by atoms with Gasteiger partial charge in [0.2, 0.25) is 0 Å². The summed E-state index contributed by atoms with van der Waals surface area (Å²) in [6, 6.07) is 3.41. The van der Waals surface area contributed by atoms with Crippen molar-refractivity contribution in [3.63, 3.8) is 0 Å². The number of halogens is 2. The monoisotopic (exact) mass is 291 g/mol. The molecular formula is C9H7BrClNOS. The summed E-state index contributed by atoms with van der Waals surface area (Å²) in [6.45, 7) is 0. The second-order valence-electron chi connectivity index (χ2n) is 2.79. The van der Waals surface area contributed by atoms with Crippen molar-refractivity contribution in [2.24, 2.45) is 5.73 Å². The van der Waals surface area contributed by atoms with Crippen LogP contribution in [0.1, 0.15) is 17.4 Å². The molecule has 0 saturated carbocycles. The van der Waals surface area contributed by atoms with Gasteiger partial charge in [-0.25, -0.2) is 0 Å². The zero-order chi connectivity index (χ0) is 10.1. The molecule has 74 valence electrons. The minimum Gasteiger partial charge on any atom is -0.466 e. The molecule has 0 radical (unpaired) electrons. The summed E-state index contributed by atoms with van der Waals surface area (Å²) in [5, 5.41) is 1.93. The minimum absolute atomic E-state index is 0.261. The van der Waals surface area contributed by atoms with E-state index in [1.165, 1.54) is 11.3 Å². The summed E-state index contributed by atoms with van der Waals surface area (Å²) in [5.74, 6) is 0.722. The third kappa shape index (κ3) is 1.88. The van der Waals surface area contributed by atoms with Gasteiger partial charge in [-0.2, -0.15) is 0 Å². The lowest BCUT2D eigenvalue weighted by molar-refractivity contribution is 0.488. The third-order valence-corrected chi connectivity index (χ3v) is 3.64. The molecule has 2 aromatic rings. The molecule has 1 unspecified atom stereocenters. The van der Waals surface area contributed by atoms with Crippen molar-refractivity contribution in [3.05, 3.63) is 43.9 Å². The molecule has 1 atom stereocenters. The van der Waals surface area contributed by atoms with E-state index in [0.717, 1.165) is 20.1 Å². The molecule has 0 bridgehead atoms. The molecule has 2 nitrogen and oxygen atoms in total. The van der Waals surface area contributed by atoms with Gasteiger partial charge in [0.25, 0.3) is 0 Å². The Kier molecular flexibility index (Phi) is 2.97. The Morgan fingerprint density at radius 2 is 2.36 bits per heavy atom. The summed E-state index contributed by atoms with van der Waals surface area (Å²) in [4.78, 5) is 0. The Bertz CT molecular complexity index is 439. The lowest BCUT2D eigenvalue weighted by atomic mass is 10.1. The Morgan fingerprint density at radius 1 is 1.57 bits per heavy atom. The molecule has 2 rings (SSSR count). The van der Waals surface area contributed by atoms with Crippen LogP contribution in [0.4, 0.5) is 0 Å². The molecule has 5 heteroatoms. The molecule has 2 N–H and O–H groups in total. The number of hydrogen-bond acceptors (Lipinski definition) is 3. The second-order valence-corrected chi connectivity index (χ2v) is 5.19. The molecule has 0 aromatic carbocycles. The van der Waals surface area contributed by atoms with Crippen LogP contribution < -0.4 is 5.73 Å². The molecule has 0 aliphatic rings. The fraction of sp³-hybridized carbons (Fsp3) is 0.111. The average Bonchev–Trinajstić information content (AvgIpc) is 2.73. The molecule has 0 amide bonds. The number of furan rings is 1. The first-order chi connectivity index (χ1) is 6.68. The molecule has 0 fully saturated rings. The smallest absolute Gasteiger partial charge is 0.139 e. The topological polar surface area (TPSA) is 39.2 Å².